The van der Waals surface area contributed by atoms with E-state index in [0.717, 1.165) is 40.3 Å². The molecule has 1 heterocycles. The molecule has 1 amide bonds. The summed E-state index contributed by atoms with van der Waals surface area (Å²) in [5.74, 6) is 1.04. The summed E-state index contributed by atoms with van der Waals surface area (Å²) in [5.41, 5.74) is 1.92. The number of hydrogen-bond donors (Lipinski definition) is 0. The molecule has 120 valence electrons. The molecule has 2 aromatic rings. The van der Waals surface area contributed by atoms with Crippen LogP contribution in [0, 0.1) is 0 Å². The Hall–Kier alpha value is -0.970. The van der Waals surface area contributed by atoms with Gasteiger partial charge >= 0.3 is 0 Å². The quantitative estimate of drug-likeness (QED) is 0.658. The van der Waals surface area contributed by atoms with Crippen LogP contribution in [0.2, 0.25) is 5.02 Å². The molecular weight excluding hydrogens is 394 g/mol. The molecule has 1 atom stereocenters. The second-order valence-corrected chi connectivity index (χ2v) is 8.10. The van der Waals surface area contributed by atoms with Crippen LogP contribution in [0.3, 0.4) is 0 Å². The van der Waals surface area contributed by atoms with E-state index >= 15 is 0 Å². The van der Waals surface area contributed by atoms with Gasteiger partial charge in [-0.3, -0.25) is 4.79 Å². The lowest BCUT2D eigenvalue weighted by molar-refractivity contribution is 0.0766. The molecule has 1 fully saturated rings. The molecule has 2 nitrogen and oxygen atoms in total. The zero-order valence-electron chi connectivity index (χ0n) is 12.5. The molecule has 23 heavy (non-hydrogen) atoms. The molecule has 0 aromatic heterocycles. The first-order valence-corrected chi connectivity index (χ1v) is 9.78. The first kappa shape index (κ1) is 16.9. The fourth-order valence-corrected chi connectivity index (χ4v) is 4.60. The Kier molecular flexibility index (Phi) is 5.67. The molecule has 0 aliphatic carbocycles. The van der Waals surface area contributed by atoms with E-state index in [9.17, 15) is 4.79 Å². The molecule has 0 radical (unpaired) electrons. The number of nitrogens with zero attached hydrogens (tertiary/aromatic N) is 1. The molecule has 1 unspecified atom stereocenters. The molecule has 0 spiro atoms. The van der Waals surface area contributed by atoms with Crippen LogP contribution < -0.4 is 0 Å². The summed E-state index contributed by atoms with van der Waals surface area (Å²) in [5, 5.41) is 1.17. The van der Waals surface area contributed by atoms with Crippen LogP contribution in [-0.2, 0) is 0 Å². The molecule has 3 rings (SSSR count). The Morgan fingerprint density at radius 2 is 1.87 bits per heavy atom. The third kappa shape index (κ3) is 4.11. The standard InChI is InChI=1S/C18H17BrClNOS/c19-14-7-5-13(6-8-14)18(22)21-10-9-17(23-12-11-21)15-3-1-2-4-16(15)20/h1-8,17H,9-12H2. The minimum atomic E-state index is 0.109. The second-order valence-electron chi connectivity index (χ2n) is 5.47. The van der Waals surface area contributed by atoms with Gasteiger partial charge in [0.2, 0.25) is 0 Å². The van der Waals surface area contributed by atoms with Gasteiger partial charge in [0.15, 0.2) is 0 Å². The van der Waals surface area contributed by atoms with E-state index in [4.69, 9.17) is 11.6 Å². The molecule has 2 aromatic carbocycles. The highest BCUT2D eigenvalue weighted by Crippen LogP contribution is 2.37. The number of thioether (sulfide) groups is 1. The minimum absolute atomic E-state index is 0.109. The van der Waals surface area contributed by atoms with Crippen molar-refractivity contribution >= 4 is 45.2 Å². The lowest BCUT2D eigenvalue weighted by Crippen LogP contribution is -2.32. The Morgan fingerprint density at radius 3 is 2.61 bits per heavy atom. The minimum Gasteiger partial charge on any atom is -0.338 e. The average molecular weight is 411 g/mol. The van der Waals surface area contributed by atoms with Crippen molar-refractivity contribution in [3.05, 3.63) is 69.2 Å². The number of rotatable bonds is 2. The van der Waals surface area contributed by atoms with Gasteiger partial charge in [0, 0.05) is 39.2 Å². The molecule has 1 saturated heterocycles. The first-order valence-electron chi connectivity index (χ1n) is 7.56. The van der Waals surface area contributed by atoms with Crippen LogP contribution >= 0.6 is 39.3 Å². The van der Waals surface area contributed by atoms with Gasteiger partial charge in [0.05, 0.1) is 0 Å². The normalized spacial score (nSPS) is 18.5. The zero-order valence-corrected chi connectivity index (χ0v) is 15.7. The van der Waals surface area contributed by atoms with E-state index in [2.05, 4.69) is 22.0 Å². The van der Waals surface area contributed by atoms with Crippen molar-refractivity contribution in [3.63, 3.8) is 0 Å². The van der Waals surface area contributed by atoms with Crippen LogP contribution in [0.1, 0.15) is 27.6 Å². The van der Waals surface area contributed by atoms with Crippen LogP contribution in [0.25, 0.3) is 0 Å². The number of carbonyl (C=O) groups excluding carboxylic acids is 1. The van der Waals surface area contributed by atoms with E-state index in [-0.39, 0.29) is 5.91 Å². The topological polar surface area (TPSA) is 20.3 Å². The highest BCUT2D eigenvalue weighted by atomic mass is 79.9. The predicted octanol–water partition coefficient (Wildman–Crippen LogP) is 5.42. The fourth-order valence-electron chi connectivity index (χ4n) is 2.73. The monoisotopic (exact) mass is 409 g/mol. The maximum atomic E-state index is 12.6. The Morgan fingerprint density at radius 1 is 1.13 bits per heavy atom. The van der Waals surface area contributed by atoms with Crippen LogP contribution in [0.15, 0.2) is 53.0 Å². The largest absolute Gasteiger partial charge is 0.338 e. The molecule has 0 bridgehead atoms. The van der Waals surface area contributed by atoms with E-state index in [1.54, 1.807) is 0 Å². The zero-order chi connectivity index (χ0) is 16.2. The lowest BCUT2D eigenvalue weighted by atomic mass is 10.1. The van der Waals surface area contributed by atoms with Gasteiger partial charge in [-0.2, -0.15) is 11.8 Å². The third-order valence-electron chi connectivity index (χ3n) is 3.97. The summed E-state index contributed by atoms with van der Waals surface area (Å²) >= 11 is 11.6. The summed E-state index contributed by atoms with van der Waals surface area (Å²) in [6.45, 7) is 1.54. The van der Waals surface area contributed by atoms with Crippen LogP contribution in [0.5, 0.6) is 0 Å². The van der Waals surface area contributed by atoms with Crippen molar-refractivity contribution in [2.45, 2.75) is 11.7 Å². The van der Waals surface area contributed by atoms with Gasteiger partial charge in [-0.1, -0.05) is 45.7 Å². The smallest absolute Gasteiger partial charge is 0.253 e. The number of amides is 1. The Bertz CT molecular complexity index is 692. The summed E-state index contributed by atoms with van der Waals surface area (Å²) < 4.78 is 0.985. The second kappa shape index (κ2) is 7.73. The van der Waals surface area contributed by atoms with Gasteiger partial charge in [-0.05, 0) is 42.3 Å². The number of halogens is 2. The maximum absolute atomic E-state index is 12.6. The molecule has 1 aliphatic heterocycles. The third-order valence-corrected chi connectivity index (χ3v) is 6.16. The number of carbonyl (C=O) groups is 1. The Balaban J connectivity index is 1.70. The lowest BCUT2D eigenvalue weighted by Gasteiger charge is -2.20. The fraction of sp³-hybridized carbons (Fsp3) is 0.278. The van der Waals surface area contributed by atoms with Crippen molar-refractivity contribution in [2.75, 3.05) is 18.8 Å². The SMILES string of the molecule is O=C(c1ccc(Br)cc1)N1CCSC(c2ccccc2Cl)CC1. The predicted molar refractivity (Wildman–Crippen MR) is 101 cm³/mol. The van der Waals surface area contributed by atoms with Gasteiger partial charge in [-0.15, -0.1) is 0 Å². The summed E-state index contributed by atoms with van der Waals surface area (Å²) in [4.78, 5) is 14.6. The molecule has 1 aliphatic rings. The van der Waals surface area contributed by atoms with Gasteiger partial charge in [-0.25, -0.2) is 0 Å². The number of benzene rings is 2. The average Bonchev–Trinajstić information content (AvgIpc) is 2.81. The summed E-state index contributed by atoms with van der Waals surface area (Å²) in [6, 6.07) is 15.6. The molecule has 0 N–H and O–H groups in total. The highest BCUT2D eigenvalue weighted by molar-refractivity contribution is 9.10. The molecule has 0 saturated carbocycles. The van der Waals surface area contributed by atoms with Crippen molar-refractivity contribution in [2.24, 2.45) is 0 Å². The van der Waals surface area contributed by atoms with Crippen molar-refractivity contribution < 1.29 is 4.79 Å². The van der Waals surface area contributed by atoms with E-state index in [1.807, 2.05) is 59.1 Å². The van der Waals surface area contributed by atoms with Gasteiger partial charge < -0.3 is 4.90 Å². The van der Waals surface area contributed by atoms with Gasteiger partial charge in [0.25, 0.3) is 5.91 Å². The van der Waals surface area contributed by atoms with Crippen molar-refractivity contribution in [1.82, 2.24) is 4.90 Å². The Labute approximate surface area is 154 Å². The van der Waals surface area contributed by atoms with E-state index < -0.39 is 0 Å². The summed E-state index contributed by atoms with van der Waals surface area (Å²) in [6.07, 6.45) is 0.927. The van der Waals surface area contributed by atoms with E-state index in [1.165, 1.54) is 5.56 Å². The van der Waals surface area contributed by atoms with Gasteiger partial charge in [0.1, 0.15) is 0 Å². The highest BCUT2D eigenvalue weighted by Gasteiger charge is 2.23. The first-order chi connectivity index (χ1) is 11.1. The summed E-state index contributed by atoms with van der Waals surface area (Å²) in [7, 11) is 0. The van der Waals surface area contributed by atoms with Crippen LogP contribution in [0.4, 0.5) is 0 Å². The van der Waals surface area contributed by atoms with Crippen molar-refractivity contribution in [3.8, 4) is 0 Å². The van der Waals surface area contributed by atoms with Crippen molar-refractivity contribution in [1.29, 1.82) is 0 Å². The van der Waals surface area contributed by atoms with E-state index in [0.29, 0.717) is 5.25 Å². The van der Waals surface area contributed by atoms with Crippen LogP contribution in [-0.4, -0.2) is 29.6 Å². The molecular formula is C18H17BrClNOS. The maximum Gasteiger partial charge on any atom is 0.253 e. The molecule has 5 heteroatoms. The number of hydrogen-bond acceptors (Lipinski definition) is 2.